The lowest BCUT2D eigenvalue weighted by atomic mass is 10.0. The number of benzene rings is 2. The van der Waals surface area contributed by atoms with Crippen molar-refractivity contribution in [3.8, 4) is 16.9 Å². The zero-order valence-corrected chi connectivity index (χ0v) is 23.6. The van der Waals surface area contributed by atoms with Crippen LogP contribution in [-0.2, 0) is 22.7 Å². The molecule has 11 heteroatoms. The van der Waals surface area contributed by atoms with Crippen LogP contribution in [0.3, 0.4) is 0 Å². The second kappa shape index (κ2) is 12.9. The Morgan fingerprint density at radius 3 is 2.63 bits per heavy atom. The summed E-state index contributed by atoms with van der Waals surface area (Å²) in [6, 6.07) is 15.0. The zero-order chi connectivity index (χ0) is 27.1. The molecule has 1 N–H and O–H groups in total. The topological polar surface area (TPSA) is 95.3 Å². The largest absolute Gasteiger partial charge is 0.486 e. The van der Waals surface area contributed by atoms with E-state index in [9.17, 15) is 9.59 Å². The normalized spacial score (nSPS) is 10.8. The van der Waals surface area contributed by atoms with E-state index in [4.69, 9.17) is 21.1 Å². The number of halogens is 1. The third kappa shape index (κ3) is 6.56. The van der Waals surface area contributed by atoms with Crippen LogP contribution in [0.4, 0.5) is 5.00 Å². The molecular formula is C27H27ClN4O4S2. The van der Waals surface area contributed by atoms with Crippen LogP contribution in [0.5, 0.6) is 5.75 Å². The molecule has 0 radical (unpaired) electrons. The van der Waals surface area contributed by atoms with E-state index in [-0.39, 0.29) is 24.9 Å². The Balaban J connectivity index is 1.42. The van der Waals surface area contributed by atoms with Gasteiger partial charge in [-0.1, -0.05) is 53.7 Å². The molecule has 2 heterocycles. The Labute approximate surface area is 234 Å². The van der Waals surface area contributed by atoms with Crippen LogP contribution < -0.4 is 10.1 Å². The van der Waals surface area contributed by atoms with Gasteiger partial charge in [0.1, 0.15) is 22.9 Å². The van der Waals surface area contributed by atoms with Crippen molar-refractivity contribution in [1.82, 2.24) is 14.8 Å². The Bertz CT molecular complexity index is 1420. The standard InChI is InChI=1S/C27H27ClN4O4S2/c1-4-32-22(14-36-19-11-12-21(28)17(3)13-19)30-31-27(32)38-16-23(33)29-25-24(26(34)35-5-2)20(15-37-25)18-9-7-6-8-10-18/h6-13,15H,4-5,14,16H2,1-3H3,(H,29,33). The summed E-state index contributed by atoms with van der Waals surface area (Å²) >= 11 is 8.65. The second-order valence-electron chi connectivity index (χ2n) is 8.12. The number of aryl methyl sites for hydroxylation is 1. The number of nitrogens with one attached hydrogen (secondary N) is 1. The Morgan fingerprint density at radius 2 is 1.92 bits per heavy atom. The van der Waals surface area contributed by atoms with Gasteiger partial charge in [0.2, 0.25) is 5.91 Å². The van der Waals surface area contributed by atoms with Crippen molar-refractivity contribution in [2.24, 2.45) is 0 Å². The number of carbonyl (C=O) groups is 2. The van der Waals surface area contributed by atoms with Gasteiger partial charge in [0.15, 0.2) is 11.0 Å². The first-order chi connectivity index (χ1) is 18.4. The number of esters is 1. The number of nitrogens with zero attached hydrogens (tertiary/aromatic N) is 3. The molecule has 0 fully saturated rings. The van der Waals surface area contributed by atoms with Crippen molar-refractivity contribution >= 4 is 51.6 Å². The minimum absolute atomic E-state index is 0.0935. The van der Waals surface area contributed by atoms with Gasteiger partial charge in [-0.05, 0) is 50.1 Å². The molecule has 38 heavy (non-hydrogen) atoms. The summed E-state index contributed by atoms with van der Waals surface area (Å²) in [7, 11) is 0. The molecule has 4 rings (SSSR count). The van der Waals surface area contributed by atoms with Crippen molar-refractivity contribution < 1.29 is 19.1 Å². The summed E-state index contributed by atoms with van der Waals surface area (Å²) in [5.41, 5.74) is 2.88. The minimum atomic E-state index is -0.471. The number of thiophene rings is 1. The van der Waals surface area contributed by atoms with Crippen LogP contribution in [-0.4, -0.2) is 39.0 Å². The number of anilines is 1. The first-order valence-electron chi connectivity index (χ1n) is 12.0. The van der Waals surface area contributed by atoms with Crippen molar-refractivity contribution in [2.75, 3.05) is 17.7 Å². The Kier molecular flexibility index (Phi) is 9.43. The fourth-order valence-electron chi connectivity index (χ4n) is 3.68. The maximum Gasteiger partial charge on any atom is 0.341 e. The smallest absolute Gasteiger partial charge is 0.341 e. The fraction of sp³-hybridized carbons (Fsp3) is 0.259. The van der Waals surface area contributed by atoms with Gasteiger partial charge in [-0.3, -0.25) is 4.79 Å². The average Bonchev–Trinajstić information content (AvgIpc) is 3.52. The number of hydrogen-bond donors (Lipinski definition) is 1. The fourth-order valence-corrected chi connectivity index (χ4v) is 5.60. The lowest BCUT2D eigenvalue weighted by Crippen LogP contribution is -2.17. The number of rotatable bonds is 11. The molecule has 2 aromatic carbocycles. The van der Waals surface area contributed by atoms with E-state index in [0.717, 1.165) is 16.7 Å². The number of amides is 1. The van der Waals surface area contributed by atoms with Gasteiger partial charge < -0.3 is 19.4 Å². The molecule has 1 amide bonds. The van der Waals surface area contributed by atoms with Gasteiger partial charge in [-0.25, -0.2) is 4.79 Å². The van der Waals surface area contributed by atoms with Crippen LogP contribution in [0.2, 0.25) is 5.02 Å². The minimum Gasteiger partial charge on any atom is -0.486 e. The lowest BCUT2D eigenvalue weighted by molar-refractivity contribution is -0.113. The molecule has 198 valence electrons. The maximum absolute atomic E-state index is 12.9. The highest BCUT2D eigenvalue weighted by atomic mass is 35.5. The van der Waals surface area contributed by atoms with Gasteiger partial charge in [0.05, 0.1) is 12.4 Å². The molecular weight excluding hydrogens is 544 g/mol. The molecule has 0 saturated heterocycles. The molecule has 0 aliphatic carbocycles. The number of aromatic nitrogens is 3. The van der Waals surface area contributed by atoms with Crippen LogP contribution >= 0.6 is 34.7 Å². The van der Waals surface area contributed by atoms with E-state index < -0.39 is 5.97 Å². The molecule has 8 nitrogen and oxygen atoms in total. The van der Waals surface area contributed by atoms with E-state index in [2.05, 4.69) is 15.5 Å². The molecule has 0 aliphatic heterocycles. The van der Waals surface area contributed by atoms with Gasteiger partial charge in [0.25, 0.3) is 0 Å². The van der Waals surface area contributed by atoms with Crippen molar-refractivity contribution in [2.45, 2.75) is 39.1 Å². The third-order valence-electron chi connectivity index (χ3n) is 5.55. The summed E-state index contributed by atoms with van der Waals surface area (Å²) < 4.78 is 13.0. The van der Waals surface area contributed by atoms with E-state index >= 15 is 0 Å². The summed E-state index contributed by atoms with van der Waals surface area (Å²) in [5, 5.41) is 15.0. The molecule has 0 spiro atoms. The van der Waals surface area contributed by atoms with Gasteiger partial charge in [-0.15, -0.1) is 21.5 Å². The second-order valence-corrected chi connectivity index (χ2v) is 10.3. The van der Waals surface area contributed by atoms with Gasteiger partial charge in [0, 0.05) is 22.5 Å². The van der Waals surface area contributed by atoms with Crippen LogP contribution in [0.15, 0.2) is 59.1 Å². The first kappa shape index (κ1) is 27.7. The molecule has 0 bridgehead atoms. The molecule has 2 aromatic heterocycles. The Morgan fingerprint density at radius 1 is 1.13 bits per heavy atom. The van der Waals surface area contributed by atoms with E-state index in [1.54, 1.807) is 19.1 Å². The summed E-state index contributed by atoms with van der Waals surface area (Å²) in [6.45, 7) is 6.73. The quantitative estimate of drug-likeness (QED) is 0.163. The number of ether oxygens (including phenoxy) is 2. The van der Waals surface area contributed by atoms with E-state index in [0.29, 0.717) is 38.9 Å². The highest BCUT2D eigenvalue weighted by Gasteiger charge is 2.23. The van der Waals surface area contributed by atoms with Crippen LogP contribution in [0, 0.1) is 6.92 Å². The van der Waals surface area contributed by atoms with Crippen LogP contribution in [0.1, 0.15) is 35.6 Å². The predicted octanol–water partition coefficient (Wildman–Crippen LogP) is 6.47. The molecule has 0 atom stereocenters. The number of carbonyl (C=O) groups excluding carboxylic acids is 2. The highest BCUT2D eigenvalue weighted by Crippen LogP contribution is 2.36. The highest BCUT2D eigenvalue weighted by molar-refractivity contribution is 7.99. The monoisotopic (exact) mass is 570 g/mol. The summed E-state index contributed by atoms with van der Waals surface area (Å²) in [6.07, 6.45) is 0. The van der Waals surface area contributed by atoms with E-state index in [1.165, 1.54) is 23.1 Å². The number of hydrogen-bond acceptors (Lipinski definition) is 8. The summed E-state index contributed by atoms with van der Waals surface area (Å²) in [5.74, 6) is 0.701. The predicted molar refractivity (Wildman–Crippen MR) is 151 cm³/mol. The van der Waals surface area contributed by atoms with Gasteiger partial charge in [-0.2, -0.15) is 0 Å². The summed E-state index contributed by atoms with van der Waals surface area (Å²) in [4.78, 5) is 25.6. The number of thioether (sulfide) groups is 1. The Hall–Kier alpha value is -3.34. The van der Waals surface area contributed by atoms with Crippen molar-refractivity contribution in [1.29, 1.82) is 0 Å². The van der Waals surface area contributed by atoms with Gasteiger partial charge >= 0.3 is 5.97 Å². The lowest BCUT2D eigenvalue weighted by Gasteiger charge is -2.10. The SMILES string of the molecule is CCOC(=O)c1c(-c2ccccc2)csc1NC(=O)CSc1nnc(COc2ccc(Cl)c(C)c2)n1CC. The van der Waals surface area contributed by atoms with Crippen molar-refractivity contribution in [3.05, 3.63) is 75.9 Å². The molecule has 0 aliphatic rings. The third-order valence-corrected chi connectivity index (χ3v) is 7.83. The van der Waals surface area contributed by atoms with Crippen molar-refractivity contribution in [3.63, 3.8) is 0 Å². The average molecular weight is 571 g/mol. The first-order valence-corrected chi connectivity index (χ1v) is 14.2. The molecule has 0 unspecified atom stereocenters. The van der Waals surface area contributed by atoms with Crippen LogP contribution in [0.25, 0.3) is 11.1 Å². The maximum atomic E-state index is 12.9. The zero-order valence-electron chi connectivity index (χ0n) is 21.2. The molecule has 0 saturated carbocycles. The van der Waals surface area contributed by atoms with E-state index in [1.807, 2.05) is 60.2 Å². The molecule has 4 aromatic rings.